The van der Waals surface area contributed by atoms with Gasteiger partial charge in [0.05, 0.1) is 12.3 Å². The second-order valence-electron chi connectivity index (χ2n) is 6.38. The van der Waals surface area contributed by atoms with Crippen LogP contribution in [0.1, 0.15) is 40.5 Å². The van der Waals surface area contributed by atoms with Gasteiger partial charge in [0.1, 0.15) is 0 Å². The Labute approximate surface area is 117 Å². The molecular formula is C13H26N2O3S. The van der Waals surface area contributed by atoms with E-state index in [0.29, 0.717) is 19.6 Å². The van der Waals surface area contributed by atoms with Crippen molar-refractivity contribution in [2.24, 2.45) is 5.41 Å². The van der Waals surface area contributed by atoms with Crippen molar-refractivity contribution in [1.29, 1.82) is 0 Å². The first-order valence-electron chi connectivity index (χ1n) is 6.91. The van der Waals surface area contributed by atoms with Crippen LogP contribution in [-0.2, 0) is 14.8 Å². The molecule has 1 heterocycles. The van der Waals surface area contributed by atoms with Gasteiger partial charge in [-0.05, 0) is 18.3 Å². The minimum Gasteiger partial charge on any atom is -0.342 e. The van der Waals surface area contributed by atoms with Crippen LogP contribution in [-0.4, -0.2) is 55.5 Å². The highest BCUT2D eigenvalue weighted by atomic mass is 32.2. The molecule has 1 rings (SSSR count). The molecule has 19 heavy (non-hydrogen) atoms. The Kier molecular flexibility index (Phi) is 5.38. The molecule has 1 aliphatic rings. The lowest BCUT2D eigenvalue weighted by molar-refractivity contribution is -0.130. The molecule has 0 N–H and O–H groups in total. The maximum atomic E-state index is 12.3. The zero-order chi connectivity index (χ0) is 14.7. The van der Waals surface area contributed by atoms with Crippen molar-refractivity contribution >= 4 is 15.9 Å². The molecule has 0 unspecified atom stereocenters. The molecule has 112 valence electrons. The van der Waals surface area contributed by atoms with E-state index in [2.05, 4.69) is 0 Å². The molecule has 0 aromatic rings. The molecule has 0 saturated carbocycles. The van der Waals surface area contributed by atoms with E-state index in [1.165, 1.54) is 4.31 Å². The van der Waals surface area contributed by atoms with E-state index in [-0.39, 0.29) is 23.6 Å². The molecule has 0 spiro atoms. The molecule has 0 aromatic carbocycles. The molecule has 0 radical (unpaired) electrons. The zero-order valence-electron chi connectivity index (χ0n) is 12.5. The second kappa shape index (κ2) is 6.22. The first kappa shape index (κ1) is 16.4. The third-order valence-corrected chi connectivity index (χ3v) is 5.33. The van der Waals surface area contributed by atoms with Gasteiger partial charge in [-0.25, -0.2) is 8.42 Å². The summed E-state index contributed by atoms with van der Waals surface area (Å²) in [5.41, 5.74) is -0.294. The maximum absolute atomic E-state index is 12.3. The SMILES string of the molecule is CCCN1CCCN(S(=O)(=O)CC(C)(C)C)CC1=O. The van der Waals surface area contributed by atoms with Crippen molar-refractivity contribution in [3.8, 4) is 0 Å². The van der Waals surface area contributed by atoms with E-state index in [1.54, 1.807) is 4.90 Å². The van der Waals surface area contributed by atoms with Gasteiger partial charge in [0.25, 0.3) is 0 Å². The number of rotatable bonds is 4. The molecule has 0 aliphatic carbocycles. The highest BCUT2D eigenvalue weighted by Crippen LogP contribution is 2.20. The van der Waals surface area contributed by atoms with Gasteiger partial charge in [-0.3, -0.25) is 4.79 Å². The molecule has 6 heteroatoms. The Hall–Kier alpha value is -0.620. The number of carbonyl (C=O) groups excluding carboxylic acids is 1. The van der Waals surface area contributed by atoms with E-state index >= 15 is 0 Å². The van der Waals surface area contributed by atoms with E-state index < -0.39 is 10.0 Å². The zero-order valence-corrected chi connectivity index (χ0v) is 13.3. The Balaban J connectivity index is 2.78. The van der Waals surface area contributed by atoms with Crippen LogP contribution in [0.4, 0.5) is 0 Å². The predicted molar refractivity (Wildman–Crippen MR) is 76.3 cm³/mol. The summed E-state index contributed by atoms with van der Waals surface area (Å²) in [7, 11) is -3.35. The van der Waals surface area contributed by atoms with Gasteiger partial charge in [0.15, 0.2) is 0 Å². The molecule has 1 saturated heterocycles. The minimum absolute atomic E-state index is 0.00157. The Morgan fingerprint density at radius 1 is 1.21 bits per heavy atom. The number of amides is 1. The number of hydrogen-bond donors (Lipinski definition) is 0. The summed E-state index contributed by atoms with van der Waals surface area (Å²) in [4.78, 5) is 13.8. The average Bonchev–Trinajstić information content (AvgIpc) is 2.39. The lowest BCUT2D eigenvalue weighted by Gasteiger charge is -2.25. The topological polar surface area (TPSA) is 57.7 Å². The van der Waals surface area contributed by atoms with Crippen LogP contribution < -0.4 is 0 Å². The monoisotopic (exact) mass is 290 g/mol. The molecule has 0 aromatic heterocycles. The van der Waals surface area contributed by atoms with Crippen molar-refractivity contribution in [3.05, 3.63) is 0 Å². The van der Waals surface area contributed by atoms with Gasteiger partial charge in [-0.2, -0.15) is 4.31 Å². The first-order chi connectivity index (χ1) is 8.65. The fourth-order valence-corrected chi connectivity index (χ4v) is 4.27. The van der Waals surface area contributed by atoms with E-state index in [0.717, 1.165) is 12.8 Å². The number of hydrogen-bond acceptors (Lipinski definition) is 3. The molecule has 5 nitrogen and oxygen atoms in total. The highest BCUT2D eigenvalue weighted by Gasteiger charge is 2.32. The molecule has 1 aliphatic heterocycles. The van der Waals surface area contributed by atoms with Crippen molar-refractivity contribution in [3.63, 3.8) is 0 Å². The van der Waals surface area contributed by atoms with Crippen molar-refractivity contribution in [1.82, 2.24) is 9.21 Å². The van der Waals surface area contributed by atoms with Gasteiger partial charge in [0.2, 0.25) is 15.9 Å². The Morgan fingerprint density at radius 3 is 2.37 bits per heavy atom. The van der Waals surface area contributed by atoms with Crippen LogP contribution in [0, 0.1) is 5.41 Å². The van der Waals surface area contributed by atoms with Crippen LogP contribution in [0.15, 0.2) is 0 Å². The second-order valence-corrected chi connectivity index (χ2v) is 8.35. The van der Waals surface area contributed by atoms with Crippen LogP contribution in [0.25, 0.3) is 0 Å². The largest absolute Gasteiger partial charge is 0.342 e. The van der Waals surface area contributed by atoms with Crippen molar-refractivity contribution < 1.29 is 13.2 Å². The average molecular weight is 290 g/mol. The normalized spacial score (nSPS) is 19.6. The third kappa shape index (κ3) is 5.10. The van der Waals surface area contributed by atoms with E-state index in [9.17, 15) is 13.2 Å². The number of carbonyl (C=O) groups is 1. The lowest BCUT2D eigenvalue weighted by Crippen LogP contribution is -2.42. The van der Waals surface area contributed by atoms with E-state index in [1.807, 2.05) is 27.7 Å². The van der Waals surface area contributed by atoms with Gasteiger partial charge in [0, 0.05) is 19.6 Å². The summed E-state index contributed by atoms with van der Waals surface area (Å²) in [5, 5.41) is 0. The molecule has 1 amide bonds. The standard InChI is InChI=1S/C13H26N2O3S/c1-5-7-14-8-6-9-15(10-12(14)16)19(17,18)11-13(2,3)4/h5-11H2,1-4H3. The maximum Gasteiger partial charge on any atom is 0.237 e. The van der Waals surface area contributed by atoms with Crippen molar-refractivity contribution in [2.75, 3.05) is 31.9 Å². The van der Waals surface area contributed by atoms with E-state index in [4.69, 9.17) is 0 Å². The van der Waals surface area contributed by atoms with Crippen LogP contribution in [0.5, 0.6) is 0 Å². The molecule has 1 fully saturated rings. The van der Waals surface area contributed by atoms with Gasteiger partial charge >= 0.3 is 0 Å². The fraction of sp³-hybridized carbons (Fsp3) is 0.923. The van der Waals surface area contributed by atoms with Gasteiger partial charge in [-0.15, -0.1) is 0 Å². The molecule has 0 bridgehead atoms. The van der Waals surface area contributed by atoms with Crippen LogP contribution in [0.3, 0.4) is 0 Å². The van der Waals surface area contributed by atoms with Gasteiger partial charge in [-0.1, -0.05) is 27.7 Å². The summed E-state index contributed by atoms with van der Waals surface area (Å²) in [6, 6.07) is 0. The van der Waals surface area contributed by atoms with Crippen LogP contribution in [0.2, 0.25) is 0 Å². The molecule has 0 atom stereocenters. The smallest absolute Gasteiger partial charge is 0.237 e. The van der Waals surface area contributed by atoms with Crippen molar-refractivity contribution in [2.45, 2.75) is 40.5 Å². The molecular weight excluding hydrogens is 264 g/mol. The minimum atomic E-state index is -3.35. The number of nitrogens with zero attached hydrogens (tertiary/aromatic N) is 2. The third-order valence-electron chi connectivity index (χ3n) is 3.00. The lowest BCUT2D eigenvalue weighted by atomic mass is 10.0. The number of sulfonamides is 1. The Morgan fingerprint density at radius 2 is 1.84 bits per heavy atom. The summed E-state index contributed by atoms with van der Waals surface area (Å²) < 4.78 is 26.0. The summed E-state index contributed by atoms with van der Waals surface area (Å²) in [5.74, 6) is 0.0120. The summed E-state index contributed by atoms with van der Waals surface area (Å²) in [6.07, 6.45) is 1.62. The quantitative estimate of drug-likeness (QED) is 0.784. The predicted octanol–water partition coefficient (Wildman–Crippen LogP) is 1.31. The Bertz CT molecular complexity index is 412. The fourth-order valence-electron chi connectivity index (χ4n) is 2.27. The van der Waals surface area contributed by atoms with Gasteiger partial charge < -0.3 is 4.90 Å². The highest BCUT2D eigenvalue weighted by molar-refractivity contribution is 7.89. The summed E-state index contributed by atoms with van der Waals surface area (Å²) in [6.45, 7) is 9.53. The first-order valence-corrected chi connectivity index (χ1v) is 8.52. The summed E-state index contributed by atoms with van der Waals surface area (Å²) >= 11 is 0. The van der Waals surface area contributed by atoms with Crippen LogP contribution >= 0.6 is 0 Å².